The number of hydrogen-bond donors (Lipinski definition) is 2. The van der Waals surface area contributed by atoms with E-state index in [-0.39, 0.29) is 23.8 Å². The molecule has 1 aromatic carbocycles. The number of aliphatic hydroxyl groups excluding tert-OH is 1. The predicted octanol–water partition coefficient (Wildman–Crippen LogP) is 1.85. The van der Waals surface area contributed by atoms with Crippen molar-refractivity contribution in [3.05, 3.63) is 23.3 Å². The summed E-state index contributed by atoms with van der Waals surface area (Å²) < 4.78 is 10.5. The molecule has 0 aliphatic carbocycles. The van der Waals surface area contributed by atoms with Gasteiger partial charge in [-0.3, -0.25) is 4.79 Å². The quantitative estimate of drug-likeness (QED) is 0.804. The Hall–Kier alpha value is -1.40. The van der Waals surface area contributed by atoms with E-state index in [2.05, 4.69) is 5.32 Å². The van der Waals surface area contributed by atoms with Gasteiger partial charge in [-0.1, -0.05) is 0 Å². The molecule has 5 nitrogen and oxygen atoms in total. The van der Waals surface area contributed by atoms with E-state index in [1.165, 1.54) is 11.8 Å². The Morgan fingerprint density at radius 1 is 1.33 bits per heavy atom. The smallest absolute Gasteiger partial charge is 0.251 e. The molecule has 2 atom stereocenters. The fourth-order valence-electron chi connectivity index (χ4n) is 2.04. The average Bonchev–Trinajstić information content (AvgIpc) is 2.48. The summed E-state index contributed by atoms with van der Waals surface area (Å²) in [4.78, 5) is 12.3. The number of hydrogen-bond acceptors (Lipinski definition) is 5. The Morgan fingerprint density at radius 3 is 2.24 bits per heavy atom. The minimum Gasteiger partial charge on any atom is -0.496 e. The standard InChI is InChI=1S/C15H23NO4S/c1-9-12(19-3)6-11(7-13(9)20-4)15(18)16-10(2)14(8-17)21-5/h6-7,10,14,17H,8H2,1-5H3,(H,16,18)/t10-,14+/m1/s1. The van der Waals surface area contributed by atoms with Crippen LogP contribution >= 0.6 is 11.8 Å². The minimum absolute atomic E-state index is 0.0170. The van der Waals surface area contributed by atoms with Gasteiger partial charge in [0.15, 0.2) is 0 Å². The number of benzene rings is 1. The van der Waals surface area contributed by atoms with Gasteiger partial charge < -0.3 is 19.9 Å². The van der Waals surface area contributed by atoms with Gasteiger partial charge in [0.05, 0.1) is 20.8 Å². The van der Waals surface area contributed by atoms with Crippen molar-refractivity contribution in [2.45, 2.75) is 25.1 Å². The van der Waals surface area contributed by atoms with Crippen molar-refractivity contribution in [3.8, 4) is 11.5 Å². The zero-order valence-corrected chi connectivity index (χ0v) is 13.9. The second-order valence-corrected chi connectivity index (χ2v) is 5.80. The molecule has 0 aliphatic heterocycles. The molecule has 0 unspecified atom stereocenters. The zero-order valence-electron chi connectivity index (χ0n) is 13.1. The number of ether oxygens (including phenoxy) is 2. The van der Waals surface area contributed by atoms with Crippen LogP contribution in [-0.4, -0.2) is 49.4 Å². The maximum Gasteiger partial charge on any atom is 0.251 e. The molecule has 0 fully saturated rings. The molecule has 0 bridgehead atoms. The molecule has 1 rings (SSSR count). The van der Waals surface area contributed by atoms with Crippen LogP contribution in [0.1, 0.15) is 22.8 Å². The Labute approximate surface area is 130 Å². The number of thioether (sulfide) groups is 1. The van der Waals surface area contributed by atoms with E-state index in [0.29, 0.717) is 17.1 Å². The van der Waals surface area contributed by atoms with Gasteiger partial charge in [0, 0.05) is 22.4 Å². The largest absolute Gasteiger partial charge is 0.496 e. The highest BCUT2D eigenvalue weighted by molar-refractivity contribution is 7.99. The lowest BCUT2D eigenvalue weighted by atomic mass is 10.1. The van der Waals surface area contributed by atoms with Crippen molar-refractivity contribution in [3.63, 3.8) is 0 Å². The normalized spacial score (nSPS) is 13.4. The number of rotatable bonds is 7. The summed E-state index contributed by atoms with van der Waals surface area (Å²) in [6, 6.07) is 3.23. The van der Waals surface area contributed by atoms with E-state index in [0.717, 1.165) is 5.56 Å². The molecule has 1 amide bonds. The highest BCUT2D eigenvalue weighted by Crippen LogP contribution is 2.29. The molecule has 118 valence electrons. The molecule has 0 saturated carbocycles. The third-order valence-electron chi connectivity index (χ3n) is 3.41. The monoisotopic (exact) mass is 313 g/mol. The molecule has 0 saturated heterocycles. The summed E-state index contributed by atoms with van der Waals surface area (Å²) in [6.45, 7) is 3.76. The first-order valence-electron chi connectivity index (χ1n) is 6.65. The van der Waals surface area contributed by atoms with Crippen LogP contribution < -0.4 is 14.8 Å². The van der Waals surface area contributed by atoms with Crippen LogP contribution in [-0.2, 0) is 0 Å². The fourth-order valence-corrected chi connectivity index (χ4v) is 2.66. The highest BCUT2D eigenvalue weighted by Gasteiger charge is 2.20. The van der Waals surface area contributed by atoms with Crippen LogP contribution in [0.4, 0.5) is 0 Å². The Kier molecular flexibility index (Phi) is 6.84. The third kappa shape index (κ3) is 4.28. The predicted molar refractivity (Wildman–Crippen MR) is 85.6 cm³/mol. The van der Waals surface area contributed by atoms with Crippen LogP contribution in [0.25, 0.3) is 0 Å². The number of aliphatic hydroxyl groups is 1. The molecule has 0 aliphatic rings. The van der Waals surface area contributed by atoms with Gasteiger partial charge in [0.1, 0.15) is 11.5 Å². The number of carbonyl (C=O) groups excluding carboxylic acids is 1. The van der Waals surface area contributed by atoms with E-state index < -0.39 is 0 Å². The van der Waals surface area contributed by atoms with Gasteiger partial charge >= 0.3 is 0 Å². The topological polar surface area (TPSA) is 67.8 Å². The molecule has 2 N–H and O–H groups in total. The van der Waals surface area contributed by atoms with Crippen LogP contribution in [0.5, 0.6) is 11.5 Å². The summed E-state index contributed by atoms with van der Waals surface area (Å²) in [5, 5.41) is 12.1. The minimum atomic E-state index is -0.216. The van der Waals surface area contributed by atoms with Crippen molar-refractivity contribution < 1.29 is 19.4 Å². The van der Waals surface area contributed by atoms with Crippen molar-refractivity contribution >= 4 is 17.7 Å². The van der Waals surface area contributed by atoms with Crippen molar-refractivity contribution in [2.24, 2.45) is 0 Å². The summed E-state index contributed by atoms with van der Waals surface area (Å²) in [5.41, 5.74) is 1.32. The Bertz CT molecular complexity index is 464. The fraction of sp³-hybridized carbons (Fsp3) is 0.533. The molecule has 0 aromatic heterocycles. The van der Waals surface area contributed by atoms with E-state index in [1.807, 2.05) is 20.1 Å². The number of nitrogens with one attached hydrogen (secondary N) is 1. The van der Waals surface area contributed by atoms with Crippen LogP contribution in [0.2, 0.25) is 0 Å². The summed E-state index contributed by atoms with van der Waals surface area (Å²) in [7, 11) is 3.11. The van der Waals surface area contributed by atoms with Gasteiger partial charge in [-0.25, -0.2) is 0 Å². The van der Waals surface area contributed by atoms with E-state index in [9.17, 15) is 9.90 Å². The third-order valence-corrected chi connectivity index (χ3v) is 4.58. The molecule has 0 heterocycles. The molecular formula is C15H23NO4S. The SMILES string of the molecule is COc1cc(C(=O)N[C@H](C)[C@H](CO)SC)cc(OC)c1C. The van der Waals surface area contributed by atoms with E-state index in [4.69, 9.17) is 9.47 Å². The summed E-state index contributed by atoms with van der Waals surface area (Å²) >= 11 is 1.52. The first-order valence-corrected chi connectivity index (χ1v) is 7.94. The van der Waals surface area contributed by atoms with Crippen LogP contribution in [0.3, 0.4) is 0 Å². The summed E-state index contributed by atoms with van der Waals surface area (Å²) in [5.74, 6) is 0.998. The Balaban J connectivity index is 2.97. The average molecular weight is 313 g/mol. The number of amides is 1. The zero-order chi connectivity index (χ0) is 16.0. The maximum atomic E-state index is 12.3. The van der Waals surface area contributed by atoms with Crippen molar-refractivity contribution in [1.82, 2.24) is 5.32 Å². The van der Waals surface area contributed by atoms with Gasteiger partial charge in [-0.05, 0) is 32.2 Å². The van der Waals surface area contributed by atoms with Gasteiger partial charge in [-0.2, -0.15) is 11.8 Å². The van der Waals surface area contributed by atoms with Gasteiger partial charge in [0.25, 0.3) is 5.91 Å². The molecule has 0 radical (unpaired) electrons. The molecule has 21 heavy (non-hydrogen) atoms. The van der Waals surface area contributed by atoms with Crippen molar-refractivity contribution in [2.75, 3.05) is 27.1 Å². The highest BCUT2D eigenvalue weighted by atomic mass is 32.2. The van der Waals surface area contributed by atoms with Gasteiger partial charge in [-0.15, -0.1) is 0 Å². The van der Waals surface area contributed by atoms with Crippen LogP contribution in [0.15, 0.2) is 12.1 Å². The lowest BCUT2D eigenvalue weighted by Gasteiger charge is -2.21. The first-order chi connectivity index (χ1) is 9.98. The van der Waals surface area contributed by atoms with Gasteiger partial charge in [0.2, 0.25) is 0 Å². The molecule has 0 spiro atoms. The lowest BCUT2D eigenvalue weighted by Crippen LogP contribution is -2.41. The summed E-state index contributed by atoms with van der Waals surface area (Å²) in [6.07, 6.45) is 1.90. The second-order valence-electron chi connectivity index (χ2n) is 4.72. The van der Waals surface area contributed by atoms with Crippen molar-refractivity contribution in [1.29, 1.82) is 0 Å². The molecule has 6 heteroatoms. The number of methoxy groups -OCH3 is 2. The second kappa shape index (κ2) is 8.14. The van der Waals surface area contributed by atoms with E-state index >= 15 is 0 Å². The van der Waals surface area contributed by atoms with E-state index in [1.54, 1.807) is 26.4 Å². The molecular weight excluding hydrogens is 290 g/mol. The maximum absolute atomic E-state index is 12.3. The number of carbonyl (C=O) groups is 1. The Morgan fingerprint density at radius 2 is 1.86 bits per heavy atom. The van der Waals surface area contributed by atoms with Crippen LogP contribution in [0, 0.1) is 6.92 Å². The molecule has 1 aromatic rings. The first kappa shape index (κ1) is 17.7. The lowest BCUT2D eigenvalue weighted by molar-refractivity contribution is 0.0935.